The van der Waals surface area contributed by atoms with Crippen LogP contribution in [0.15, 0.2) is 0 Å². The van der Waals surface area contributed by atoms with Crippen LogP contribution in [0.4, 0.5) is 4.79 Å². The first kappa shape index (κ1) is 10.8. The number of carbonyl (C=O) groups is 1. The molecule has 3 nitrogen and oxygen atoms in total. The van der Waals surface area contributed by atoms with Crippen LogP contribution in [-0.4, -0.2) is 28.7 Å². The third-order valence-electron chi connectivity index (χ3n) is 3.24. The third kappa shape index (κ3) is 2.11. The van der Waals surface area contributed by atoms with Crippen molar-refractivity contribution in [3.63, 3.8) is 0 Å². The molecule has 1 aliphatic carbocycles. The highest BCUT2D eigenvalue weighted by atomic mass is 16.6. The number of hydrogen-bond acceptors (Lipinski definition) is 2. The normalized spacial score (nSPS) is 28.3. The van der Waals surface area contributed by atoms with Crippen molar-refractivity contribution >= 4 is 6.09 Å². The third-order valence-corrected chi connectivity index (χ3v) is 3.24. The molecule has 0 aromatic rings. The van der Waals surface area contributed by atoms with E-state index in [1.54, 1.807) is 0 Å². The molecule has 0 N–H and O–H groups in total. The second-order valence-corrected chi connectivity index (χ2v) is 6.12. The Kier molecular flexibility index (Phi) is 2.25. The second-order valence-electron chi connectivity index (χ2n) is 6.12. The first-order chi connectivity index (χ1) is 6.82. The van der Waals surface area contributed by atoms with Crippen LogP contribution in [0.5, 0.6) is 0 Å². The molecule has 86 valence electrons. The molecular formula is C12H21NO2. The average Bonchev–Trinajstić information content (AvgIpc) is 2.68. The molecule has 15 heavy (non-hydrogen) atoms. The summed E-state index contributed by atoms with van der Waals surface area (Å²) in [4.78, 5) is 13.9. The van der Waals surface area contributed by atoms with Gasteiger partial charge in [0, 0.05) is 12.1 Å². The van der Waals surface area contributed by atoms with Crippen LogP contribution in [-0.2, 0) is 4.74 Å². The van der Waals surface area contributed by atoms with Crippen LogP contribution >= 0.6 is 0 Å². The number of likely N-dealkylation sites (tertiary alicyclic amines) is 1. The number of rotatable bonds is 0. The predicted molar refractivity (Wildman–Crippen MR) is 58.7 cm³/mol. The first-order valence-electron chi connectivity index (χ1n) is 5.83. The van der Waals surface area contributed by atoms with E-state index in [2.05, 4.69) is 6.92 Å². The molecule has 1 atom stereocenters. The predicted octanol–water partition coefficient (Wildman–Crippen LogP) is 2.80. The van der Waals surface area contributed by atoms with E-state index in [4.69, 9.17) is 4.74 Å². The Labute approximate surface area is 91.8 Å². The van der Waals surface area contributed by atoms with Crippen LogP contribution in [0.1, 0.15) is 47.0 Å². The van der Waals surface area contributed by atoms with Crippen LogP contribution in [0.2, 0.25) is 0 Å². The van der Waals surface area contributed by atoms with E-state index in [0.717, 1.165) is 25.8 Å². The summed E-state index contributed by atoms with van der Waals surface area (Å²) in [6.07, 6.45) is 3.36. The number of carbonyl (C=O) groups excluding carboxylic acids is 1. The zero-order valence-corrected chi connectivity index (χ0v) is 10.2. The Balaban J connectivity index is 2.02. The summed E-state index contributed by atoms with van der Waals surface area (Å²) in [7, 11) is 0. The molecule has 2 fully saturated rings. The molecule has 0 unspecified atom stereocenters. The average molecular weight is 211 g/mol. The zero-order chi connectivity index (χ0) is 11.3. The van der Waals surface area contributed by atoms with Gasteiger partial charge in [-0.25, -0.2) is 4.79 Å². The number of amides is 1. The van der Waals surface area contributed by atoms with Gasteiger partial charge in [0.15, 0.2) is 0 Å². The fourth-order valence-corrected chi connectivity index (χ4v) is 2.53. The van der Waals surface area contributed by atoms with E-state index >= 15 is 0 Å². The maximum Gasteiger partial charge on any atom is 0.410 e. The van der Waals surface area contributed by atoms with Crippen molar-refractivity contribution in [3.8, 4) is 0 Å². The van der Waals surface area contributed by atoms with Gasteiger partial charge >= 0.3 is 6.09 Å². The lowest BCUT2D eigenvalue weighted by Crippen LogP contribution is -2.41. The standard InChI is InChI=1S/C12H21NO2/c1-9-7-12(5-6-12)13(8-9)10(14)15-11(2,3)4/h9H,5-8H2,1-4H3/t9-/m1/s1. The van der Waals surface area contributed by atoms with Gasteiger partial charge in [-0.15, -0.1) is 0 Å². The summed E-state index contributed by atoms with van der Waals surface area (Å²) in [5.41, 5.74) is -0.194. The quantitative estimate of drug-likeness (QED) is 0.616. The molecule has 1 saturated carbocycles. The molecule has 3 heteroatoms. The van der Waals surface area contributed by atoms with Crippen molar-refractivity contribution < 1.29 is 9.53 Å². The molecule has 0 bridgehead atoms. The molecule has 1 heterocycles. The molecule has 2 aliphatic rings. The van der Waals surface area contributed by atoms with Crippen LogP contribution in [0.25, 0.3) is 0 Å². The van der Waals surface area contributed by atoms with Gasteiger partial charge in [0.2, 0.25) is 0 Å². The maximum atomic E-state index is 12.0. The van der Waals surface area contributed by atoms with Crippen LogP contribution in [0, 0.1) is 5.92 Å². The van der Waals surface area contributed by atoms with Crippen molar-refractivity contribution in [3.05, 3.63) is 0 Å². The number of ether oxygens (including phenoxy) is 1. The summed E-state index contributed by atoms with van der Waals surface area (Å²) in [5.74, 6) is 0.625. The van der Waals surface area contributed by atoms with Crippen molar-refractivity contribution in [1.29, 1.82) is 0 Å². The summed E-state index contributed by atoms with van der Waals surface area (Å²) in [6.45, 7) is 8.84. The van der Waals surface area contributed by atoms with E-state index in [1.807, 2.05) is 25.7 Å². The maximum absolute atomic E-state index is 12.0. The molecule has 2 rings (SSSR count). The smallest absolute Gasteiger partial charge is 0.410 e. The summed E-state index contributed by atoms with van der Waals surface area (Å²) in [5, 5.41) is 0. The Morgan fingerprint density at radius 1 is 1.40 bits per heavy atom. The van der Waals surface area contributed by atoms with Gasteiger partial charge in [-0.3, -0.25) is 0 Å². The Hall–Kier alpha value is -0.730. The second kappa shape index (κ2) is 3.13. The monoisotopic (exact) mass is 211 g/mol. The molecule has 1 saturated heterocycles. The summed E-state index contributed by atoms with van der Waals surface area (Å²) >= 11 is 0. The lowest BCUT2D eigenvalue weighted by Gasteiger charge is -2.28. The fourth-order valence-electron chi connectivity index (χ4n) is 2.53. The van der Waals surface area contributed by atoms with Gasteiger partial charge in [0.25, 0.3) is 0 Å². The van der Waals surface area contributed by atoms with E-state index in [9.17, 15) is 4.79 Å². The van der Waals surface area contributed by atoms with E-state index < -0.39 is 0 Å². The van der Waals surface area contributed by atoms with Gasteiger partial charge in [-0.2, -0.15) is 0 Å². The van der Waals surface area contributed by atoms with E-state index in [0.29, 0.717) is 5.92 Å². The highest BCUT2D eigenvalue weighted by molar-refractivity contribution is 5.70. The van der Waals surface area contributed by atoms with E-state index in [-0.39, 0.29) is 17.2 Å². The first-order valence-corrected chi connectivity index (χ1v) is 5.83. The van der Waals surface area contributed by atoms with Crippen molar-refractivity contribution in [2.45, 2.75) is 58.1 Å². The van der Waals surface area contributed by atoms with Crippen LogP contribution < -0.4 is 0 Å². The molecule has 1 amide bonds. The zero-order valence-electron chi connectivity index (χ0n) is 10.2. The Morgan fingerprint density at radius 2 is 2.00 bits per heavy atom. The van der Waals surface area contributed by atoms with Crippen molar-refractivity contribution in [2.24, 2.45) is 5.92 Å². The molecule has 0 aromatic heterocycles. The number of nitrogens with zero attached hydrogens (tertiary/aromatic N) is 1. The highest BCUT2D eigenvalue weighted by Crippen LogP contribution is 2.51. The van der Waals surface area contributed by atoms with Crippen LogP contribution in [0.3, 0.4) is 0 Å². The molecule has 0 radical (unpaired) electrons. The van der Waals surface area contributed by atoms with Gasteiger partial charge in [-0.05, 0) is 46.0 Å². The Bertz CT molecular complexity index is 276. The van der Waals surface area contributed by atoms with Gasteiger partial charge in [0.05, 0.1) is 0 Å². The Morgan fingerprint density at radius 3 is 2.47 bits per heavy atom. The van der Waals surface area contributed by atoms with Gasteiger partial charge in [0.1, 0.15) is 5.60 Å². The SMILES string of the molecule is C[C@H]1CN(C(=O)OC(C)(C)C)C2(CC2)C1. The lowest BCUT2D eigenvalue weighted by molar-refractivity contribution is 0.0200. The van der Waals surface area contributed by atoms with E-state index in [1.165, 1.54) is 0 Å². The largest absolute Gasteiger partial charge is 0.444 e. The molecule has 1 aliphatic heterocycles. The van der Waals surface area contributed by atoms with Gasteiger partial charge < -0.3 is 9.64 Å². The fraction of sp³-hybridized carbons (Fsp3) is 0.917. The summed E-state index contributed by atoms with van der Waals surface area (Å²) in [6, 6.07) is 0. The van der Waals surface area contributed by atoms with Gasteiger partial charge in [-0.1, -0.05) is 6.92 Å². The lowest BCUT2D eigenvalue weighted by atomic mass is 10.1. The highest BCUT2D eigenvalue weighted by Gasteiger charge is 2.55. The molecule has 0 aromatic carbocycles. The minimum absolute atomic E-state index is 0.121. The van der Waals surface area contributed by atoms with Crippen molar-refractivity contribution in [1.82, 2.24) is 4.90 Å². The topological polar surface area (TPSA) is 29.5 Å². The minimum atomic E-state index is -0.376. The minimum Gasteiger partial charge on any atom is -0.444 e. The molecular weight excluding hydrogens is 190 g/mol. The van der Waals surface area contributed by atoms with Crippen molar-refractivity contribution in [2.75, 3.05) is 6.54 Å². The number of hydrogen-bond donors (Lipinski definition) is 0. The molecule has 1 spiro atoms. The summed E-state index contributed by atoms with van der Waals surface area (Å²) < 4.78 is 5.43.